The summed E-state index contributed by atoms with van der Waals surface area (Å²) in [6, 6.07) is 10.5. The van der Waals surface area contributed by atoms with E-state index in [-0.39, 0.29) is 17.1 Å². The summed E-state index contributed by atoms with van der Waals surface area (Å²) in [5.41, 5.74) is -0.231. The Kier molecular flexibility index (Phi) is 4.28. The molecule has 0 spiro atoms. The maximum atomic E-state index is 12.7. The van der Waals surface area contributed by atoms with Crippen LogP contribution in [-0.2, 0) is 11.8 Å². The molecule has 0 aliphatic heterocycles. The summed E-state index contributed by atoms with van der Waals surface area (Å²) >= 11 is 1.47. The first-order valence-corrected chi connectivity index (χ1v) is 8.97. The van der Waals surface area contributed by atoms with E-state index in [1.54, 1.807) is 31.2 Å². The number of esters is 1. The number of carbonyl (C=O) groups excluding carboxylic acids is 1. The number of hydrogen-bond acceptors (Lipinski definition) is 8. The minimum Gasteiger partial charge on any atom is -0.448 e. The molecule has 1 aromatic carbocycles. The van der Waals surface area contributed by atoms with Gasteiger partial charge in [-0.15, -0.1) is 21.5 Å². The highest BCUT2D eigenvalue weighted by Crippen LogP contribution is 2.26. The third-order valence-electron chi connectivity index (χ3n) is 3.95. The number of carbonyl (C=O) groups is 1. The molecule has 0 aliphatic carbocycles. The van der Waals surface area contributed by atoms with Crippen LogP contribution >= 0.6 is 11.3 Å². The van der Waals surface area contributed by atoms with Gasteiger partial charge in [-0.3, -0.25) is 4.79 Å². The molecule has 0 saturated heterocycles. The van der Waals surface area contributed by atoms with Crippen molar-refractivity contribution >= 4 is 28.1 Å². The lowest BCUT2D eigenvalue weighted by molar-refractivity contribution is 0.0273. The Morgan fingerprint density at radius 3 is 2.70 bits per heavy atom. The Labute approximate surface area is 157 Å². The Morgan fingerprint density at radius 2 is 1.96 bits per heavy atom. The lowest BCUT2D eigenvalue weighted by Gasteiger charge is -2.11. The number of ether oxygens (including phenoxy) is 1. The number of hydrogen-bond donors (Lipinski definition) is 0. The van der Waals surface area contributed by atoms with Crippen molar-refractivity contribution in [3.05, 3.63) is 63.7 Å². The van der Waals surface area contributed by atoms with Gasteiger partial charge in [-0.1, -0.05) is 24.3 Å². The van der Waals surface area contributed by atoms with Crippen LogP contribution in [0.4, 0.5) is 0 Å². The van der Waals surface area contributed by atoms with Gasteiger partial charge >= 0.3 is 5.97 Å². The maximum Gasteiger partial charge on any atom is 0.360 e. The van der Waals surface area contributed by atoms with E-state index in [1.807, 2.05) is 17.5 Å². The quantitative estimate of drug-likeness (QED) is 0.500. The molecule has 1 atom stereocenters. The van der Waals surface area contributed by atoms with Crippen molar-refractivity contribution in [3.63, 3.8) is 0 Å². The molecule has 0 radical (unpaired) electrons. The van der Waals surface area contributed by atoms with Gasteiger partial charge in [-0.05, 0) is 24.4 Å². The van der Waals surface area contributed by atoms with Gasteiger partial charge < -0.3 is 9.15 Å². The van der Waals surface area contributed by atoms with Gasteiger partial charge in [0.05, 0.1) is 10.3 Å². The second-order valence-corrected chi connectivity index (χ2v) is 6.74. The normalized spacial score (nSPS) is 12.2. The monoisotopic (exact) mass is 382 g/mol. The van der Waals surface area contributed by atoms with Gasteiger partial charge in [0.2, 0.25) is 0 Å². The van der Waals surface area contributed by atoms with Crippen LogP contribution in [0.3, 0.4) is 0 Å². The number of thiophene rings is 1. The summed E-state index contributed by atoms with van der Waals surface area (Å²) in [7, 11) is 1.49. The molecule has 136 valence electrons. The zero-order valence-corrected chi connectivity index (χ0v) is 15.3. The van der Waals surface area contributed by atoms with Gasteiger partial charge in [0, 0.05) is 12.4 Å². The van der Waals surface area contributed by atoms with Gasteiger partial charge in [-0.2, -0.15) is 5.10 Å². The van der Waals surface area contributed by atoms with Crippen molar-refractivity contribution in [2.75, 3.05) is 0 Å². The fourth-order valence-corrected chi connectivity index (χ4v) is 3.26. The summed E-state index contributed by atoms with van der Waals surface area (Å²) in [6.07, 6.45) is -0.767. The van der Waals surface area contributed by atoms with Crippen LogP contribution < -0.4 is 5.56 Å². The van der Waals surface area contributed by atoms with Crippen LogP contribution in [0.5, 0.6) is 0 Å². The summed E-state index contributed by atoms with van der Waals surface area (Å²) in [5, 5.41) is 14.7. The molecule has 3 heterocycles. The van der Waals surface area contributed by atoms with Gasteiger partial charge in [0.25, 0.3) is 17.3 Å². The van der Waals surface area contributed by atoms with Crippen molar-refractivity contribution in [1.82, 2.24) is 20.0 Å². The minimum atomic E-state index is -0.767. The predicted octanol–water partition coefficient (Wildman–Crippen LogP) is 2.96. The van der Waals surface area contributed by atoms with Gasteiger partial charge in [0.15, 0.2) is 11.8 Å². The first-order chi connectivity index (χ1) is 13.0. The molecule has 0 amide bonds. The molecular formula is C18H14N4O4S. The van der Waals surface area contributed by atoms with E-state index in [0.29, 0.717) is 16.7 Å². The lowest BCUT2D eigenvalue weighted by atomic mass is 10.1. The molecule has 9 heteroatoms. The van der Waals surface area contributed by atoms with E-state index in [1.165, 1.54) is 18.4 Å². The molecule has 0 saturated carbocycles. The van der Waals surface area contributed by atoms with Crippen molar-refractivity contribution in [3.8, 4) is 10.8 Å². The topological polar surface area (TPSA) is 100 Å². The first kappa shape index (κ1) is 17.1. The number of rotatable bonds is 4. The molecule has 27 heavy (non-hydrogen) atoms. The third kappa shape index (κ3) is 3.13. The Bertz CT molecular complexity index is 1180. The number of benzene rings is 1. The van der Waals surface area contributed by atoms with Crippen molar-refractivity contribution in [1.29, 1.82) is 0 Å². The summed E-state index contributed by atoms with van der Waals surface area (Å²) in [5.74, 6) is -0.125. The van der Waals surface area contributed by atoms with Crippen LogP contribution in [0.1, 0.15) is 29.4 Å². The fraction of sp³-hybridized carbons (Fsp3) is 0.167. The van der Waals surface area contributed by atoms with E-state index in [4.69, 9.17) is 9.15 Å². The average molecular weight is 382 g/mol. The second-order valence-electron chi connectivity index (χ2n) is 5.79. The highest BCUT2D eigenvalue weighted by molar-refractivity contribution is 7.13. The van der Waals surface area contributed by atoms with E-state index in [2.05, 4.69) is 15.3 Å². The fourth-order valence-electron chi connectivity index (χ4n) is 2.62. The van der Waals surface area contributed by atoms with Gasteiger partial charge in [0.1, 0.15) is 0 Å². The van der Waals surface area contributed by atoms with Crippen molar-refractivity contribution in [2.45, 2.75) is 13.0 Å². The standard InChI is InChI=1S/C18H14N4O4S/c1-10(15-19-20-16(26-15)13-8-5-9-27-13)25-18(24)14-11-6-3-4-7-12(11)17(23)22(2)21-14/h3-10H,1-2H3. The molecule has 3 aromatic heterocycles. The molecule has 4 rings (SSSR count). The highest BCUT2D eigenvalue weighted by atomic mass is 32.1. The second kappa shape index (κ2) is 6.76. The molecule has 8 nitrogen and oxygen atoms in total. The van der Waals surface area contributed by atoms with Crippen LogP contribution in [0, 0.1) is 0 Å². The largest absolute Gasteiger partial charge is 0.448 e. The molecule has 4 aromatic rings. The van der Waals surface area contributed by atoms with E-state index in [0.717, 1.165) is 9.56 Å². The van der Waals surface area contributed by atoms with E-state index < -0.39 is 12.1 Å². The zero-order valence-electron chi connectivity index (χ0n) is 14.4. The predicted molar refractivity (Wildman–Crippen MR) is 98.4 cm³/mol. The van der Waals surface area contributed by atoms with Gasteiger partial charge in [-0.25, -0.2) is 9.48 Å². The average Bonchev–Trinajstić information content (AvgIpc) is 3.36. The Balaban J connectivity index is 1.62. The first-order valence-electron chi connectivity index (χ1n) is 8.09. The molecule has 0 fully saturated rings. The summed E-state index contributed by atoms with van der Waals surface area (Å²) < 4.78 is 12.2. The van der Waals surface area contributed by atoms with Crippen LogP contribution in [-0.4, -0.2) is 25.9 Å². The molecule has 1 unspecified atom stereocenters. The third-order valence-corrected chi connectivity index (χ3v) is 4.81. The molecule has 0 N–H and O–H groups in total. The Hall–Kier alpha value is -3.33. The highest BCUT2D eigenvalue weighted by Gasteiger charge is 2.23. The molecular weight excluding hydrogens is 368 g/mol. The molecule has 0 aliphatic rings. The maximum absolute atomic E-state index is 12.7. The summed E-state index contributed by atoms with van der Waals surface area (Å²) in [6.45, 7) is 1.63. The number of fused-ring (bicyclic) bond motifs is 1. The summed E-state index contributed by atoms with van der Waals surface area (Å²) in [4.78, 5) is 25.7. The lowest BCUT2D eigenvalue weighted by Crippen LogP contribution is -2.24. The van der Waals surface area contributed by atoms with Crippen molar-refractivity contribution in [2.24, 2.45) is 7.05 Å². The smallest absolute Gasteiger partial charge is 0.360 e. The van der Waals surface area contributed by atoms with Crippen LogP contribution in [0.2, 0.25) is 0 Å². The SMILES string of the molecule is CC(OC(=O)c1nn(C)c(=O)c2ccccc12)c1nnc(-c2cccs2)o1. The van der Waals surface area contributed by atoms with Crippen molar-refractivity contribution < 1.29 is 13.9 Å². The number of aryl methyl sites for hydroxylation is 1. The number of aromatic nitrogens is 4. The Morgan fingerprint density at radius 1 is 1.19 bits per heavy atom. The van der Waals surface area contributed by atoms with Crippen LogP contribution in [0.15, 0.2) is 51.0 Å². The van der Waals surface area contributed by atoms with Crippen LogP contribution in [0.25, 0.3) is 21.5 Å². The van der Waals surface area contributed by atoms with E-state index in [9.17, 15) is 9.59 Å². The molecule has 0 bridgehead atoms. The zero-order chi connectivity index (χ0) is 19.0. The number of nitrogens with zero attached hydrogens (tertiary/aromatic N) is 4. The van der Waals surface area contributed by atoms with E-state index >= 15 is 0 Å². The minimum absolute atomic E-state index is 0.0533.